The van der Waals surface area contributed by atoms with Crippen LogP contribution in [0.25, 0.3) is 0 Å². The average molecular weight is 207 g/mol. The summed E-state index contributed by atoms with van der Waals surface area (Å²) in [7, 11) is 0. The SMILES string of the molecule is CCC(C)(C#N)NC(=O)c1cnoc1C. The number of amides is 1. The van der Waals surface area contributed by atoms with E-state index in [1.54, 1.807) is 13.8 Å². The van der Waals surface area contributed by atoms with E-state index in [0.717, 1.165) is 0 Å². The first-order valence-electron chi connectivity index (χ1n) is 4.67. The Balaban J connectivity index is 2.82. The lowest BCUT2D eigenvalue weighted by Crippen LogP contribution is -2.44. The number of carbonyl (C=O) groups excluding carboxylic acids is 1. The number of nitrogens with one attached hydrogen (secondary N) is 1. The van der Waals surface area contributed by atoms with Crippen LogP contribution in [-0.2, 0) is 0 Å². The van der Waals surface area contributed by atoms with E-state index in [4.69, 9.17) is 9.78 Å². The molecular formula is C10H13N3O2. The summed E-state index contributed by atoms with van der Waals surface area (Å²) in [5, 5.41) is 15.0. The molecule has 0 aromatic carbocycles. The van der Waals surface area contributed by atoms with Crippen molar-refractivity contribution in [3.05, 3.63) is 17.5 Å². The van der Waals surface area contributed by atoms with E-state index in [2.05, 4.69) is 16.5 Å². The lowest BCUT2D eigenvalue weighted by molar-refractivity contribution is 0.0921. The zero-order valence-electron chi connectivity index (χ0n) is 9.00. The molecule has 0 saturated heterocycles. The van der Waals surface area contributed by atoms with Crippen LogP contribution in [0.5, 0.6) is 0 Å². The Kier molecular flexibility index (Phi) is 3.10. The molecule has 1 amide bonds. The van der Waals surface area contributed by atoms with Gasteiger partial charge in [0, 0.05) is 0 Å². The Bertz CT molecular complexity index is 405. The second kappa shape index (κ2) is 4.13. The van der Waals surface area contributed by atoms with Gasteiger partial charge in [-0.3, -0.25) is 4.79 Å². The highest BCUT2D eigenvalue weighted by atomic mass is 16.5. The number of nitrogens with zero attached hydrogens (tertiary/aromatic N) is 2. The zero-order chi connectivity index (χ0) is 11.5. The summed E-state index contributed by atoms with van der Waals surface area (Å²) in [6, 6.07) is 2.06. The van der Waals surface area contributed by atoms with Crippen LogP contribution in [0.4, 0.5) is 0 Å². The molecule has 80 valence electrons. The smallest absolute Gasteiger partial charge is 0.257 e. The summed E-state index contributed by atoms with van der Waals surface area (Å²) >= 11 is 0. The molecule has 0 bridgehead atoms. The van der Waals surface area contributed by atoms with Crippen molar-refractivity contribution in [3.8, 4) is 6.07 Å². The molecule has 5 heteroatoms. The standard InChI is InChI=1S/C10H13N3O2/c1-4-10(3,6-11)13-9(14)8-5-12-15-7(8)2/h5H,4H2,1-3H3,(H,13,14). The summed E-state index contributed by atoms with van der Waals surface area (Å²) in [4.78, 5) is 11.7. The normalized spacial score (nSPS) is 14.0. The predicted octanol–water partition coefficient (Wildman–Crippen LogP) is 1.41. The van der Waals surface area contributed by atoms with Crippen LogP contribution in [0.3, 0.4) is 0 Å². The van der Waals surface area contributed by atoms with E-state index in [1.807, 2.05) is 6.92 Å². The molecule has 1 aromatic heterocycles. The molecule has 1 atom stereocenters. The second-order valence-electron chi connectivity index (χ2n) is 3.55. The largest absolute Gasteiger partial charge is 0.361 e. The van der Waals surface area contributed by atoms with Crippen molar-refractivity contribution >= 4 is 5.91 Å². The van der Waals surface area contributed by atoms with Crippen LogP contribution in [0.2, 0.25) is 0 Å². The van der Waals surface area contributed by atoms with Gasteiger partial charge in [0.1, 0.15) is 16.9 Å². The first-order valence-corrected chi connectivity index (χ1v) is 4.67. The minimum absolute atomic E-state index is 0.334. The summed E-state index contributed by atoms with van der Waals surface area (Å²) < 4.78 is 4.77. The molecule has 0 aliphatic carbocycles. The van der Waals surface area contributed by atoms with Gasteiger partial charge in [-0.2, -0.15) is 5.26 Å². The maximum atomic E-state index is 11.7. The minimum atomic E-state index is -0.846. The molecule has 1 N–H and O–H groups in total. The second-order valence-corrected chi connectivity index (χ2v) is 3.55. The van der Waals surface area contributed by atoms with Gasteiger partial charge in [0.2, 0.25) is 0 Å². The molecule has 0 aliphatic heterocycles. The Morgan fingerprint density at radius 3 is 2.87 bits per heavy atom. The summed E-state index contributed by atoms with van der Waals surface area (Å²) in [6.07, 6.45) is 1.89. The van der Waals surface area contributed by atoms with Crippen LogP contribution in [0, 0.1) is 18.3 Å². The first-order chi connectivity index (χ1) is 7.02. The fourth-order valence-corrected chi connectivity index (χ4v) is 1.03. The molecule has 0 radical (unpaired) electrons. The van der Waals surface area contributed by atoms with Crippen molar-refractivity contribution in [3.63, 3.8) is 0 Å². The number of aromatic nitrogens is 1. The molecule has 0 saturated carbocycles. The minimum Gasteiger partial charge on any atom is -0.361 e. The Morgan fingerprint density at radius 1 is 1.80 bits per heavy atom. The molecule has 0 aliphatic rings. The maximum Gasteiger partial charge on any atom is 0.257 e. The molecule has 0 spiro atoms. The monoisotopic (exact) mass is 207 g/mol. The number of aryl methyl sites for hydroxylation is 1. The van der Waals surface area contributed by atoms with E-state index in [9.17, 15) is 4.79 Å². The third-order valence-corrected chi connectivity index (χ3v) is 2.34. The molecule has 5 nitrogen and oxygen atoms in total. The Labute approximate surface area is 88.1 Å². The lowest BCUT2D eigenvalue weighted by Gasteiger charge is -2.20. The number of rotatable bonds is 3. The predicted molar refractivity (Wildman–Crippen MR) is 53.0 cm³/mol. The van der Waals surface area contributed by atoms with Crippen LogP contribution >= 0.6 is 0 Å². The number of hydrogen-bond acceptors (Lipinski definition) is 4. The van der Waals surface area contributed by atoms with Crippen molar-refractivity contribution in [2.45, 2.75) is 32.7 Å². The van der Waals surface area contributed by atoms with Crippen molar-refractivity contribution < 1.29 is 9.32 Å². The first kappa shape index (κ1) is 11.2. The highest BCUT2D eigenvalue weighted by molar-refractivity contribution is 5.95. The Hall–Kier alpha value is -1.83. The lowest BCUT2D eigenvalue weighted by atomic mass is 10.0. The van der Waals surface area contributed by atoms with Crippen LogP contribution in [-0.4, -0.2) is 16.6 Å². The molecule has 1 rings (SSSR count). The third-order valence-electron chi connectivity index (χ3n) is 2.34. The third kappa shape index (κ3) is 2.34. The van der Waals surface area contributed by atoms with Gasteiger partial charge in [-0.05, 0) is 20.3 Å². The van der Waals surface area contributed by atoms with E-state index >= 15 is 0 Å². The molecular weight excluding hydrogens is 194 g/mol. The van der Waals surface area contributed by atoms with E-state index in [-0.39, 0.29) is 5.91 Å². The zero-order valence-corrected chi connectivity index (χ0v) is 9.00. The molecule has 1 aromatic rings. The maximum absolute atomic E-state index is 11.7. The van der Waals surface area contributed by atoms with Gasteiger partial charge in [0.05, 0.1) is 12.3 Å². The van der Waals surface area contributed by atoms with Gasteiger partial charge < -0.3 is 9.84 Å². The summed E-state index contributed by atoms with van der Waals surface area (Å²) in [5.41, 5.74) is -0.481. The van der Waals surface area contributed by atoms with Crippen molar-refractivity contribution in [1.82, 2.24) is 10.5 Å². The van der Waals surface area contributed by atoms with Gasteiger partial charge >= 0.3 is 0 Å². The molecule has 1 heterocycles. The van der Waals surface area contributed by atoms with E-state index < -0.39 is 5.54 Å². The highest BCUT2D eigenvalue weighted by Gasteiger charge is 2.25. The van der Waals surface area contributed by atoms with Gasteiger partial charge in [-0.15, -0.1) is 0 Å². The van der Waals surface area contributed by atoms with Gasteiger partial charge in [0.25, 0.3) is 5.91 Å². The van der Waals surface area contributed by atoms with Crippen molar-refractivity contribution in [1.29, 1.82) is 5.26 Å². The summed E-state index contributed by atoms with van der Waals surface area (Å²) in [5.74, 6) is 0.114. The van der Waals surface area contributed by atoms with E-state index in [0.29, 0.717) is 17.7 Å². The van der Waals surface area contributed by atoms with Gasteiger partial charge in [0.15, 0.2) is 0 Å². The average Bonchev–Trinajstić information content (AvgIpc) is 2.64. The molecule has 15 heavy (non-hydrogen) atoms. The Morgan fingerprint density at radius 2 is 2.47 bits per heavy atom. The van der Waals surface area contributed by atoms with E-state index in [1.165, 1.54) is 6.20 Å². The molecule has 0 fully saturated rings. The number of hydrogen-bond donors (Lipinski definition) is 1. The quantitative estimate of drug-likeness (QED) is 0.812. The fraction of sp³-hybridized carbons (Fsp3) is 0.500. The summed E-state index contributed by atoms with van der Waals surface area (Å²) in [6.45, 7) is 5.16. The number of nitriles is 1. The van der Waals surface area contributed by atoms with Gasteiger partial charge in [-0.25, -0.2) is 0 Å². The van der Waals surface area contributed by atoms with Crippen molar-refractivity contribution in [2.75, 3.05) is 0 Å². The van der Waals surface area contributed by atoms with Gasteiger partial charge in [-0.1, -0.05) is 12.1 Å². The number of carbonyl (C=O) groups is 1. The van der Waals surface area contributed by atoms with Crippen LogP contribution in [0.1, 0.15) is 36.4 Å². The fourth-order valence-electron chi connectivity index (χ4n) is 1.03. The topological polar surface area (TPSA) is 78.9 Å². The molecule has 1 unspecified atom stereocenters. The van der Waals surface area contributed by atoms with Crippen molar-refractivity contribution in [2.24, 2.45) is 0 Å². The van der Waals surface area contributed by atoms with Crippen LogP contribution < -0.4 is 5.32 Å². The highest BCUT2D eigenvalue weighted by Crippen LogP contribution is 2.11. The van der Waals surface area contributed by atoms with Crippen LogP contribution in [0.15, 0.2) is 10.7 Å².